The molecule has 94 valence electrons. The van der Waals surface area contributed by atoms with E-state index in [0.717, 1.165) is 38.8 Å². The molecule has 1 aliphatic carbocycles. The van der Waals surface area contributed by atoms with Crippen LogP contribution in [0.5, 0.6) is 0 Å². The Morgan fingerprint density at radius 1 is 1.31 bits per heavy atom. The number of hydrogen-bond acceptors (Lipinski definition) is 3. The highest BCUT2D eigenvalue weighted by Crippen LogP contribution is 2.25. The molecule has 0 aromatic rings. The molecule has 1 aliphatic heterocycles. The van der Waals surface area contributed by atoms with E-state index < -0.39 is 0 Å². The van der Waals surface area contributed by atoms with Crippen molar-refractivity contribution in [1.82, 2.24) is 4.90 Å². The fraction of sp³-hybridized carbons (Fsp3) is 1.00. The van der Waals surface area contributed by atoms with Gasteiger partial charge in [0.1, 0.15) is 0 Å². The Kier molecular flexibility index (Phi) is 4.22. The number of likely N-dealkylation sites (N-methyl/N-ethyl adjacent to an activating group) is 1. The number of rotatable bonds is 4. The summed E-state index contributed by atoms with van der Waals surface area (Å²) < 4.78 is 5.44. The van der Waals surface area contributed by atoms with Crippen LogP contribution in [-0.4, -0.2) is 42.8 Å². The number of hydrogen-bond donors (Lipinski definition) is 1. The van der Waals surface area contributed by atoms with Gasteiger partial charge in [0.2, 0.25) is 0 Å². The molecule has 2 aliphatic rings. The highest BCUT2D eigenvalue weighted by molar-refractivity contribution is 4.92. The van der Waals surface area contributed by atoms with E-state index in [0.29, 0.717) is 0 Å². The van der Waals surface area contributed by atoms with Crippen LogP contribution in [0, 0.1) is 0 Å². The molecule has 1 unspecified atom stereocenters. The average Bonchev–Trinajstić information content (AvgIpc) is 2.74. The van der Waals surface area contributed by atoms with Crippen LogP contribution in [0.2, 0.25) is 0 Å². The molecule has 2 rings (SSSR count). The SMILES string of the molecule is CCN(CC1(N)CCOC1)C1CCCCC1. The van der Waals surface area contributed by atoms with Crippen LogP contribution in [0.15, 0.2) is 0 Å². The molecule has 1 saturated carbocycles. The van der Waals surface area contributed by atoms with Gasteiger partial charge in [-0.3, -0.25) is 4.90 Å². The van der Waals surface area contributed by atoms with E-state index >= 15 is 0 Å². The second-order valence-corrected chi connectivity index (χ2v) is 5.52. The van der Waals surface area contributed by atoms with Gasteiger partial charge in [0.15, 0.2) is 0 Å². The third kappa shape index (κ3) is 2.96. The predicted octanol–water partition coefficient (Wildman–Crippen LogP) is 1.76. The average molecular weight is 226 g/mol. The number of ether oxygens (including phenoxy) is 1. The Labute approximate surface area is 99.3 Å². The summed E-state index contributed by atoms with van der Waals surface area (Å²) in [5, 5.41) is 0. The Balaban J connectivity index is 1.88. The van der Waals surface area contributed by atoms with Crippen molar-refractivity contribution in [1.29, 1.82) is 0 Å². The third-order valence-electron chi connectivity index (χ3n) is 4.15. The summed E-state index contributed by atoms with van der Waals surface area (Å²) >= 11 is 0. The first-order valence-electron chi connectivity index (χ1n) is 6.84. The molecule has 0 bridgehead atoms. The molecule has 2 N–H and O–H groups in total. The normalized spacial score (nSPS) is 32.4. The highest BCUT2D eigenvalue weighted by Gasteiger charge is 2.34. The zero-order chi connectivity index (χ0) is 11.4. The maximum absolute atomic E-state index is 6.38. The van der Waals surface area contributed by atoms with Crippen molar-refractivity contribution >= 4 is 0 Å². The van der Waals surface area contributed by atoms with Crippen LogP contribution in [0.4, 0.5) is 0 Å². The molecule has 0 amide bonds. The van der Waals surface area contributed by atoms with Crippen LogP contribution in [0.25, 0.3) is 0 Å². The molecule has 2 fully saturated rings. The van der Waals surface area contributed by atoms with Crippen LogP contribution in [0.1, 0.15) is 45.4 Å². The fourth-order valence-corrected chi connectivity index (χ4v) is 3.10. The molecule has 0 aromatic heterocycles. The van der Waals surface area contributed by atoms with Gasteiger partial charge in [-0.2, -0.15) is 0 Å². The zero-order valence-corrected chi connectivity index (χ0v) is 10.6. The summed E-state index contributed by atoms with van der Waals surface area (Å²) in [7, 11) is 0. The molecule has 1 saturated heterocycles. The quantitative estimate of drug-likeness (QED) is 0.794. The summed E-state index contributed by atoms with van der Waals surface area (Å²) in [6.45, 7) is 6.00. The van der Waals surface area contributed by atoms with Crippen LogP contribution >= 0.6 is 0 Å². The van der Waals surface area contributed by atoms with Crippen molar-refractivity contribution in [3.63, 3.8) is 0 Å². The van der Waals surface area contributed by atoms with Crippen molar-refractivity contribution < 1.29 is 4.74 Å². The Morgan fingerprint density at radius 3 is 2.62 bits per heavy atom. The first kappa shape index (κ1) is 12.3. The molecule has 16 heavy (non-hydrogen) atoms. The van der Waals surface area contributed by atoms with Crippen LogP contribution in [0.3, 0.4) is 0 Å². The lowest BCUT2D eigenvalue weighted by Gasteiger charge is -2.38. The van der Waals surface area contributed by atoms with Gasteiger partial charge in [-0.05, 0) is 25.8 Å². The van der Waals surface area contributed by atoms with E-state index in [1.54, 1.807) is 0 Å². The van der Waals surface area contributed by atoms with E-state index in [4.69, 9.17) is 10.5 Å². The van der Waals surface area contributed by atoms with Gasteiger partial charge in [-0.1, -0.05) is 26.2 Å². The second kappa shape index (κ2) is 5.48. The zero-order valence-electron chi connectivity index (χ0n) is 10.6. The van der Waals surface area contributed by atoms with Crippen molar-refractivity contribution in [2.24, 2.45) is 5.73 Å². The van der Waals surface area contributed by atoms with E-state index in [2.05, 4.69) is 11.8 Å². The molecule has 1 heterocycles. The Morgan fingerprint density at radius 2 is 2.06 bits per heavy atom. The van der Waals surface area contributed by atoms with Gasteiger partial charge in [0, 0.05) is 19.2 Å². The maximum Gasteiger partial charge on any atom is 0.0659 e. The lowest BCUT2D eigenvalue weighted by atomic mass is 9.92. The summed E-state index contributed by atoms with van der Waals surface area (Å²) in [6.07, 6.45) is 7.97. The van der Waals surface area contributed by atoms with E-state index in [9.17, 15) is 0 Å². The molecule has 3 nitrogen and oxygen atoms in total. The largest absolute Gasteiger partial charge is 0.379 e. The van der Waals surface area contributed by atoms with Gasteiger partial charge >= 0.3 is 0 Å². The fourth-order valence-electron chi connectivity index (χ4n) is 3.10. The number of nitrogens with zero attached hydrogens (tertiary/aromatic N) is 1. The van der Waals surface area contributed by atoms with Gasteiger partial charge < -0.3 is 10.5 Å². The van der Waals surface area contributed by atoms with E-state index in [-0.39, 0.29) is 5.54 Å². The molecular weight excluding hydrogens is 200 g/mol. The second-order valence-electron chi connectivity index (χ2n) is 5.52. The summed E-state index contributed by atoms with van der Waals surface area (Å²) in [4.78, 5) is 2.59. The lowest BCUT2D eigenvalue weighted by Crippen LogP contribution is -2.53. The molecule has 0 aromatic carbocycles. The molecule has 0 spiro atoms. The minimum absolute atomic E-state index is 0.0759. The Bertz CT molecular complexity index is 208. The standard InChI is InChI=1S/C13H26N2O/c1-2-15(12-6-4-3-5-7-12)10-13(14)8-9-16-11-13/h12H,2-11,14H2,1H3. The minimum atomic E-state index is -0.0759. The molecular formula is C13H26N2O. The predicted molar refractivity (Wildman–Crippen MR) is 66.5 cm³/mol. The highest BCUT2D eigenvalue weighted by atomic mass is 16.5. The van der Waals surface area contributed by atoms with Crippen LogP contribution < -0.4 is 5.73 Å². The third-order valence-corrected chi connectivity index (χ3v) is 4.15. The maximum atomic E-state index is 6.38. The monoisotopic (exact) mass is 226 g/mol. The van der Waals surface area contributed by atoms with Gasteiger partial charge in [-0.15, -0.1) is 0 Å². The molecule has 1 atom stereocenters. The van der Waals surface area contributed by atoms with Crippen molar-refractivity contribution in [2.75, 3.05) is 26.3 Å². The molecule has 3 heteroatoms. The van der Waals surface area contributed by atoms with Crippen LogP contribution in [-0.2, 0) is 4.74 Å². The first-order valence-corrected chi connectivity index (χ1v) is 6.84. The van der Waals surface area contributed by atoms with Gasteiger partial charge in [0.25, 0.3) is 0 Å². The topological polar surface area (TPSA) is 38.5 Å². The number of nitrogens with two attached hydrogens (primary N) is 1. The van der Waals surface area contributed by atoms with E-state index in [1.165, 1.54) is 32.1 Å². The Hall–Kier alpha value is -0.120. The molecule has 0 radical (unpaired) electrons. The summed E-state index contributed by atoms with van der Waals surface area (Å²) in [5.41, 5.74) is 6.30. The summed E-state index contributed by atoms with van der Waals surface area (Å²) in [6, 6.07) is 0.778. The van der Waals surface area contributed by atoms with Gasteiger partial charge in [-0.25, -0.2) is 0 Å². The van der Waals surface area contributed by atoms with Crippen molar-refractivity contribution in [2.45, 2.75) is 57.0 Å². The van der Waals surface area contributed by atoms with E-state index in [1.807, 2.05) is 0 Å². The minimum Gasteiger partial charge on any atom is -0.379 e. The summed E-state index contributed by atoms with van der Waals surface area (Å²) in [5.74, 6) is 0. The smallest absolute Gasteiger partial charge is 0.0659 e. The van der Waals surface area contributed by atoms with Crippen molar-refractivity contribution in [3.8, 4) is 0 Å². The lowest BCUT2D eigenvalue weighted by molar-refractivity contribution is 0.113. The first-order chi connectivity index (χ1) is 7.73. The van der Waals surface area contributed by atoms with Crippen molar-refractivity contribution in [3.05, 3.63) is 0 Å². The van der Waals surface area contributed by atoms with Gasteiger partial charge in [0.05, 0.1) is 12.1 Å².